The third-order valence-electron chi connectivity index (χ3n) is 6.75. The van der Waals surface area contributed by atoms with Crippen LogP contribution in [0.2, 0.25) is 0 Å². The summed E-state index contributed by atoms with van der Waals surface area (Å²) in [6.45, 7) is 5.63. The number of hydrogen-bond donors (Lipinski definition) is 1. The van der Waals surface area contributed by atoms with E-state index in [4.69, 9.17) is 9.15 Å². The average molecular weight is 445 g/mol. The molecule has 5 rings (SSSR count). The van der Waals surface area contributed by atoms with Gasteiger partial charge in [0, 0.05) is 54.0 Å². The van der Waals surface area contributed by atoms with Crippen molar-refractivity contribution in [3.63, 3.8) is 0 Å². The van der Waals surface area contributed by atoms with Gasteiger partial charge in [-0.15, -0.1) is 0 Å². The van der Waals surface area contributed by atoms with Crippen LogP contribution in [0.1, 0.15) is 22.7 Å². The van der Waals surface area contributed by atoms with Crippen molar-refractivity contribution in [3.05, 3.63) is 81.7 Å². The second kappa shape index (κ2) is 8.54. The summed E-state index contributed by atoms with van der Waals surface area (Å²) in [5, 5.41) is 13.8. The highest BCUT2D eigenvalue weighted by atomic mass is 16.5. The van der Waals surface area contributed by atoms with E-state index >= 15 is 0 Å². The summed E-state index contributed by atoms with van der Waals surface area (Å²) in [5.41, 5.74) is 2.93. The minimum absolute atomic E-state index is 0.103. The smallest absolute Gasteiger partial charge is 0.336 e. The normalized spacial score (nSPS) is 16.3. The van der Waals surface area contributed by atoms with Crippen molar-refractivity contribution >= 4 is 21.7 Å². The summed E-state index contributed by atoms with van der Waals surface area (Å²) in [4.78, 5) is 16.8. The van der Waals surface area contributed by atoms with Gasteiger partial charge < -0.3 is 19.2 Å². The van der Waals surface area contributed by atoms with E-state index in [1.165, 1.54) is 6.07 Å². The fourth-order valence-corrected chi connectivity index (χ4v) is 4.86. The van der Waals surface area contributed by atoms with Gasteiger partial charge in [0.15, 0.2) is 0 Å². The van der Waals surface area contributed by atoms with E-state index in [9.17, 15) is 9.90 Å². The van der Waals surface area contributed by atoms with Crippen LogP contribution in [0.15, 0.2) is 63.8 Å². The van der Waals surface area contributed by atoms with E-state index < -0.39 is 0 Å². The lowest BCUT2D eigenvalue weighted by Crippen LogP contribution is -2.46. The largest absolute Gasteiger partial charge is 0.507 e. The molecule has 33 heavy (non-hydrogen) atoms. The van der Waals surface area contributed by atoms with Crippen molar-refractivity contribution in [2.24, 2.45) is 0 Å². The molecule has 1 saturated heterocycles. The Morgan fingerprint density at radius 1 is 0.939 bits per heavy atom. The minimum atomic E-state index is -0.385. The standard InChI is InChI=1S/C27H28N2O4/c1-17-16-24(30)33-27-20(17)8-9-21-22(27)10-11-23(26(21)31)25(29-14-12-28(2)13-15-29)18-4-6-19(32-3)7-5-18/h4-11,16,25,31H,12-15H2,1-3H3/t25-/m0/s1. The van der Waals surface area contributed by atoms with Gasteiger partial charge in [0.25, 0.3) is 0 Å². The van der Waals surface area contributed by atoms with Crippen LogP contribution in [-0.4, -0.2) is 55.2 Å². The predicted octanol–water partition coefficient (Wildman–Crippen LogP) is 4.31. The van der Waals surface area contributed by atoms with E-state index in [1.807, 2.05) is 43.3 Å². The highest BCUT2D eigenvalue weighted by Gasteiger charge is 2.28. The maximum atomic E-state index is 12.0. The Bertz CT molecular complexity index is 1370. The Hall–Kier alpha value is -3.35. The van der Waals surface area contributed by atoms with E-state index in [2.05, 4.69) is 29.0 Å². The predicted molar refractivity (Wildman–Crippen MR) is 130 cm³/mol. The lowest BCUT2D eigenvalue weighted by molar-refractivity contribution is 0.126. The fourth-order valence-electron chi connectivity index (χ4n) is 4.86. The van der Waals surface area contributed by atoms with Crippen LogP contribution in [0.3, 0.4) is 0 Å². The number of phenols is 1. The number of hydrogen-bond acceptors (Lipinski definition) is 6. The van der Waals surface area contributed by atoms with Gasteiger partial charge in [-0.3, -0.25) is 4.90 Å². The molecule has 0 bridgehead atoms. The van der Waals surface area contributed by atoms with E-state index in [1.54, 1.807) is 7.11 Å². The molecule has 1 fully saturated rings. The fraction of sp³-hybridized carbons (Fsp3) is 0.296. The number of benzene rings is 3. The first-order valence-corrected chi connectivity index (χ1v) is 11.2. The van der Waals surface area contributed by atoms with Crippen LogP contribution in [0.25, 0.3) is 21.7 Å². The summed E-state index contributed by atoms with van der Waals surface area (Å²) >= 11 is 0. The Labute approximate surface area is 192 Å². The molecule has 1 aliphatic rings. The van der Waals surface area contributed by atoms with Crippen LogP contribution in [-0.2, 0) is 0 Å². The molecular weight excluding hydrogens is 416 g/mol. The summed E-state index contributed by atoms with van der Waals surface area (Å²) in [7, 11) is 3.79. The van der Waals surface area contributed by atoms with Crippen molar-refractivity contribution in [1.29, 1.82) is 0 Å². The van der Waals surface area contributed by atoms with Crippen molar-refractivity contribution in [3.8, 4) is 11.5 Å². The topological polar surface area (TPSA) is 66.2 Å². The lowest BCUT2D eigenvalue weighted by Gasteiger charge is -2.38. The van der Waals surface area contributed by atoms with Gasteiger partial charge in [-0.2, -0.15) is 0 Å². The third kappa shape index (κ3) is 3.86. The van der Waals surface area contributed by atoms with Crippen LogP contribution in [0.5, 0.6) is 11.5 Å². The summed E-state index contributed by atoms with van der Waals surface area (Å²) < 4.78 is 10.9. The number of rotatable bonds is 4. The highest BCUT2D eigenvalue weighted by Crippen LogP contribution is 2.41. The number of phenolic OH excluding ortho intramolecular Hbond substituents is 1. The van der Waals surface area contributed by atoms with Gasteiger partial charge in [0.1, 0.15) is 17.1 Å². The number of ether oxygens (including phenoxy) is 1. The number of fused-ring (bicyclic) bond motifs is 3. The molecule has 6 nitrogen and oxygen atoms in total. The minimum Gasteiger partial charge on any atom is -0.507 e. The molecule has 6 heteroatoms. The second-order valence-electron chi connectivity index (χ2n) is 8.80. The summed E-state index contributed by atoms with van der Waals surface area (Å²) in [5.74, 6) is 1.02. The molecular formula is C27H28N2O4. The summed E-state index contributed by atoms with van der Waals surface area (Å²) in [6.07, 6.45) is 0. The molecule has 0 aliphatic carbocycles. The quantitative estimate of drug-likeness (QED) is 0.374. The van der Waals surface area contributed by atoms with Gasteiger partial charge in [0.05, 0.1) is 13.2 Å². The van der Waals surface area contributed by atoms with Gasteiger partial charge in [-0.05, 0) is 49.4 Å². The molecule has 1 aromatic heterocycles. The molecule has 1 aliphatic heterocycles. The Balaban J connectivity index is 1.68. The Kier molecular flexibility index (Phi) is 5.56. The molecule has 170 valence electrons. The molecule has 0 unspecified atom stereocenters. The van der Waals surface area contributed by atoms with Crippen LogP contribution < -0.4 is 10.4 Å². The molecule has 2 heterocycles. The number of likely N-dealkylation sites (N-methyl/N-ethyl adjacent to an activating group) is 1. The maximum absolute atomic E-state index is 12.0. The second-order valence-corrected chi connectivity index (χ2v) is 8.80. The van der Waals surface area contributed by atoms with E-state index in [-0.39, 0.29) is 17.4 Å². The molecule has 3 aromatic carbocycles. The first kappa shape index (κ1) is 21.5. The number of aromatic hydroxyl groups is 1. The van der Waals surface area contributed by atoms with E-state index in [0.717, 1.165) is 59.4 Å². The Morgan fingerprint density at radius 3 is 2.30 bits per heavy atom. The zero-order valence-corrected chi connectivity index (χ0v) is 19.2. The zero-order valence-electron chi connectivity index (χ0n) is 19.2. The number of aryl methyl sites for hydroxylation is 1. The number of methoxy groups -OCH3 is 1. The molecule has 0 amide bonds. The first-order chi connectivity index (χ1) is 16.0. The Morgan fingerprint density at radius 2 is 1.61 bits per heavy atom. The number of piperazine rings is 1. The molecule has 1 N–H and O–H groups in total. The molecule has 4 aromatic rings. The van der Waals surface area contributed by atoms with Gasteiger partial charge in [-0.1, -0.05) is 24.3 Å². The molecule has 0 saturated carbocycles. The van der Waals surface area contributed by atoms with Gasteiger partial charge in [-0.25, -0.2) is 4.79 Å². The van der Waals surface area contributed by atoms with Crippen LogP contribution in [0.4, 0.5) is 0 Å². The van der Waals surface area contributed by atoms with Crippen molar-refractivity contribution in [2.75, 3.05) is 40.3 Å². The average Bonchev–Trinajstić information content (AvgIpc) is 2.82. The van der Waals surface area contributed by atoms with Crippen LogP contribution >= 0.6 is 0 Å². The molecule has 1 atom stereocenters. The highest BCUT2D eigenvalue weighted by molar-refractivity contribution is 6.07. The van der Waals surface area contributed by atoms with Crippen LogP contribution in [0, 0.1) is 6.92 Å². The molecule has 0 radical (unpaired) electrons. The van der Waals surface area contributed by atoms with Crippen molar-refractivity contribution in [2.45, 2.75) is 13.0 Å². The van der Waals surface area contributed by atoms with Crippen molar-refractivity contribution in [1.82, 2.24) is 9.80 Å². The maximum Gasteiger partial charge on any atom is 0.336 e. The zero-order chi connectivity index (χ0) is 23.1. The molecule has 0 spiro atoms. The SMILES string of the molecule is COc1ccc([C@@H](c2ccc3c(ccc4c(C)cc(=O)oc43)c2O)N2CCN(C)CC2)cc1. The van der Waals surface area contributed by atoms with Gasteiger partial charge >= 0.3 is 5.63 Å². The third-order valence-corrected chi connectivity index (χ3v) is 6.75. The lowest BCUT2D eigenvalue weighted by atomic mass is 9.92. The monoisotopic (exact) mass is 444 g/mol. The van der Waals surface area contributed by atoms with Crippen molar-refractivity contribution < 1.29 is 14.3 Å². The number of nitrogens with zero attached hydrogens (tertiary/aromatic N) is 2. The van der Waals surface area contributed by atoms with Gasteiger partial charge in [0.2, 0.25) is 0 Å². The summed E-state index contributed by atoms with van der Waals surface area (Å²) in [6, 6.07) is 17.2. The first-order valence-electron chi connectivity index (χ1n) is 11.2. The van der Waals surface area contributed by atoms with E-state index in [0.29, 0.717) is 11.0 Å².